The predicted molar refractivity (Wildman–Crippen MR) is 53.3 cm³/mol. The van der Waals surface area contributed by atoms with E-state index in [-0.39, 0.29) is 5.60 Å². The average molecular weight is 175 g/mol. The molecule has 13 heavy (non-hydrogen) atoms. The molecule has 0 amide bonds. The predicted octanol–water partition coefficient (Wildman–Crippen LogP) is 3.00. The molecule has 1 aromatic rings. The molecule has 0 radical (unpaired) electrons. The van der Waals surface area contributed by atoms with E-state index in [0.29, 0.717) is 0 Å². The molecule has 0 spiro atoms. The molecule has 2 nitrogen and oxygen atoms in total. The fourth-order valence-electron chi connectivity index (χ4n) is 1.70. The van der Waals surface area contributed by atoms with Crippen molar-refractivity contribution in [3.8, 4) is 0 Å². The molecular weight excluding hydrogens is 162 g/mol. The Balaban J connectivity index is 2.62. The molecule has 0 N–H and O–H groups in total. The highest BCUT2D eigenvalue weighted by molar-refractivity contribution is 5.80. The van der Waals surface area contributed by atoms with Crippen LogP contribution in [0.15, 0.2) is 29.3 Å². The van der Waals surface area contributed by atoms with E-state index in [4.69, 9.17) is 4.74 Å². The smallest absolute Gasteiger partial charge is 0.186 e. The van der Waals surface area contributed by atoms with Gasteiger partial charge in [0.2, 0.25) is 0 Å². The van der Waals surface area contributed by atoms with Crippen molar-refractivity contribution in [1.82, 2.24) is 0 Å². The summed E-state index contributed by atoms with van der Waals surface area (Å²) in [6.07, 6.45) is 0. The topological polar surface area (TPSA) is 21.6 Å². The van der Waals surface area contributed by atoms with Crippen LogP contribution >= 0.6 is 0 Å². The lowest BCUT2D eigenvalue weighted by atomic mass is 9.95. The molecule has 0 fully saturated rings. The van der Waals surface area contributed by atoms with Gasteiger partial charge in [0, 0.05) is 12.5 Å². The van der Waals surface area contributed by atoms with Gasteiger partial charge in [-0.05, 0) is 19.9 Å². The minimum atomic E-state index is -0.248. The van der Waals surface area contributed by atoms with Gasteiger partial charge in [-0.15, -0.1) is 0 Å². The minimum absolute atomic E-state index is 0.248. The van der Waals surface area contributed by atoms with E-state index in [1.807, 2.05) is 25.1 Å². The van der Waals surface area contributed by atoms with Gasteiger partial charge in [-0.25, -0.2) is 4.99 Å². The summed E-state index contributed by atoms with van der Waals surface area (Å²) in [4.78, 5) is 4.34. The summed E-state index contributed by atoms with van der Waals surface area (Å²) in [6.45, 7) is 6.01. The molecule has 0 aliphatic carbocycles. The molecule has 0 atom stereocenters. The summed E-state index contributed by atoms with van der Waals surface area (Å²) in [5, 5.41) is 0. The Morgan fingerprint density at radius 3 is 2.69 bits per heavy atom. The van der Waals surface area contributed by atoms with Crippen molar-refractivity contribution in [2.75, 3.05) is 0 Å². The van der Waals surface area contributed by atoms with Crippen molar-refractivity contribution in [3.63, 3.8) is 0 Å². The molecule has 68 valence electrons. The van der Waals surface area contributed by atoms with Crippen molar-refractivity contribution in [1.29, 1.82) is 0 Å². The van der Waals surface area contributed by atoms with Crippen molar-refractivity contribution >= 4 is 11.6 Å². The summed E-state index contributed by atoms with van der Waals surface area (Å²) < 4.78 is 5.65. The van der Waals surface area contributed by atoms with Gasteiger partial charge in [0.05, 0.1) is 5.69 Å². The van der Waals surface area contributed by atoms with E-state index in [1.54, 1.807) is 0 Å². The molecule has 0 unspecified atom stereocenters. The van der Waals surface area contributed by atoms with Crippen LogP contribution < -0.4 is 0 Å². The highest BCUT2D eigenvalue weighted by Crippen LogP contribution is 2.36. The van der Waals surface area contributed by atoms with Crippen molar-refractivity contribution in [2.45, 2.75) is 26.4 Å². The average Bonchev–Trinajstić information content (AvgIpc) is 2.02. The normalized spacial score (nSPS) is 18.5. The van der Waals surface area contributed by atoms with Gasteiger partial charge in [0.1, 0.15) is 5.60 Å². The lowest BCUT2D eigenvalue weighted by Gasteiger charge is -2.31. The number of aliphatic imine (C=N–C) groups is 1. The van der Waals surface area contributed by atoms with E-state index >= 15 is 0 Å². The Bertz CT molecular complexity index is 366. The molecule has 1 aromatic carbocycles. The Kier molecular flexibility index (Phi) is 1.65. The van der Waals surface area contributed by atoms with Crippen LogP contribution in [0.3, 0.4) is 0 Å². The maximum absolute atomic E-state index is 5.65. The van der Waals surface area contributed by atoms with Gasteiger partial charge in [-0.1, -0.05) is 18.2 Å². The molecule has 0 bridgehead atoms. The van der Waals surface area contributed by atoms with Crippen LogP contribution in [0.25, 0.3) is 0 Å². The molecule has 0 saturated heterocycles. The Morgan fingerprint density at radius 1 is 1.23 bits per heavy atom. The molecule has 1 aliphatic rings. The first-order valence-corrected chi connectivity index (χ1v) is 4.43. The third-order valence-corrected chi connectivity index (χ3v) is 2.23. The summed E-state index contributed by atoms with van der Waals surface area (Å²) in [6, 6.07) is 8.09. The molecule has 1 heterocycles. The lowest BCUT2D eigenvalue weighted by molar-refractivity contribution is 0.0891. The van der Waals surface area contributed by atoms with E-state index in [0.717, 1.165) is 17.1 Å². The second kappa shape index (κ2) is 2.59. The zero-order valence-electron chi connectivity index (χ0n) is 8.16. The zero-order chi connectivity index (χ0) is 9.47. The van der Waals surface area contributed by atoms with Crippen molar-refractivity contribution < 1.29 is 4.74 Å². The number of ether oxygens (including phenoxy) is 1. The van der Waals surface area contributed by atoms with Crippen molar-refractivity contribution in [2.24, 2.45) is 4.99 Å². The number of benzene rings is 1. The standard InChI is InChI=1S/C11H13NO/c1-8-12-10-7-5-4-6-9(10)11(2,3)13-8/h4-7H,1-3H3. The molecule has 2 heteroatoms. The first kappa shape index (κ1) is 8.30. The molecule has 0 aromatic heterocycles. The Hall–Kier alpha value is -1.31. The highest BCUT2D eigenvalue weighted by atomic mass is 16.5. The van der Waals surface area contributed by atoms with Crippen LogP contribution in [-0.4, -0.2) is 5.90 Å². The first-order chi connectivity index (χ1) is 6.09. The third-order valence-electron chi connectivity index (χ3n) is 2.23. The van der Waals surface area contributed by atoms with Gasteiger partial charge in [-0.3, -0.25) is 0 Å². The second-order valence-electron chi connectivity index (χ2n) is 3.76. The quantitative estimate of drug-likeness (QED) is 0.594. The maximum Gasteiger partial charge on any atom is 0.186 e. The second-order valence-corrected chi connectivity index (χ2v) is 3.76. The highest BCUT2D eigenvalue weighted by Gasteiger charge is 2.28. The number of rotatable bonds is 0. The Morgan fingerprint density at radius 2 is 1.92 bits per heavy atom. The Labute approximate surface area is 78.3 Å². The largest absolute Gasteiger partial charge is 0.470 e. The monoisotopic (exact) mass is 175 g/mol. The SMILES string of the molecule is CC1=Nc2ccccc2C(C)(C)O1. The van der Waals surface area contributed by atoms with Gasteiger partial charge < -0.3 is 4.74 Å². The summed E-state index contributed by atoms with van der Waals surface area (Å²) in [5.74, 6) is 0.740. The number of para-hydroxylation sites is 1. The van der Waals surface area contributed by atoms with Gasteiger partial charge >= 0.3 is 0 Å². The molecule has 2 rings (SSSR count). The van der Waals surface area contributed by atoms with Gasteiger partial charge in [0.15, 0.2) is 5.90 Å². The van der Waals surface area contributed by atoms with Crippen LogP contribution in [0.1, 0.15) is 26.3 Å². The summed E-state index contributed by atoms with van der Waals surface area (Å²) in [7, 11) is 0. The minimum Gasteiger partial charge on any atom is -0.470 e. The van der Waals surface area contributed by atoms with Crippen LogP contribution in [0.2, 0.25) is 0 Å². The maximum atomic E-state index is 5.65. The summed E-state index contributed by atoms with van der Waals surface area (Å²) in [5.41, 5.74) is 1.93. The van der Waals surface area contributed by atoms with Crippen molar-refractivity contribution in [3.05, 3.63) is 29.8 Å². The van der Waals surface area contributed by atoms with E-state index in [2.05, 4.69) is 24.9 Å². The van der Waals surface area contributed by atoms with E-state index in [9.17, 15) is 0 Å². The van der Waals surface area contributed by atoms with Crippen LogP contribution in [0.5, 0.6) is 0 Å². The van der Waals surface area contributed by atoms with Crippen LogP contribution in [-0.2, 0) is 10.3 Å². The lowest BCUT2D eigenvalue weighted by Crippen LogP contribution is -2.27. The third kappa shape index (κ3) is 1.32. The van der Waals surface area contributed by atoms with E-state index < -0.39 is 0 Å². The fourth-order valence-corrected chi connectivity index (χ4v) is 1.70. The number of nitrogens with zero attached hydrogens (tertiary/aromatic N) is 1. The first-order valence-electron chi connectivity index (χ1n) is 4.43. The molecular formula is C11H13NO. The number of hydrogen-bond donors (Lipinski definition) is 0. The summed E-state index contributed by atoms with van der Waals surface area (Å²) >= 11 is 0. The number of hydrogen-bond acceptors (Lipinski definition) is 2. The zero-order valence-corrected chi connectivity index (χ0v) is 8.16. The van der Waals surface area contributed by atoms with Gasteiger partial charge in [-0.2, -0.15) is 0 Å². The fraction of sp³-hybridized carbons (Fsp3) is 0.364. The molecule has 1 aliphatic heterocycles. The van der Waals surface area contributed by atoms with E-state index in [1.165, 1.54) is 0 Å². The molecule has 0 saturated carbocycles. The number of fused-ring (bicyclic) bond motifs is 1. The van der Waals surface area contributed by atoms with Gasteiger partial charge in [0.25, 0.3) is 0 Å². The van der Waals surface area contributed by atoms with Crippen LogP contribution in [0, 0.1) is 0 Å². The van der Waals surface area contributed by atoms with Crippen LogP contribution in [0.4, 0.5) is 5.69 Å².